The minimum Gasteiger partial charge on any atom is -0.350 e. The number of nitrogens with one attached hydrogen (secondary N) is 1. The van der Waals surface area contributed by atoms with Gasteiger partial charge in [0.1, 0.15) is 12.0 Å². The second kappa shape index (κ2) is 6.01. The van der Waals surface area contributed by atoms with Crippen LogP contribution in [0.2, 0.25) is 0 Å². The highest BCUT2D eigenvalue weighted by molar-refractivity contribution is 5.93. The van der Waals surface area contributed by atoms with Crippen molar-refractivity contribution in [3.05, 3.63) is 48.0 Å². The Kier molecular flexibility index (Phi) is 3.94. The Bertz CT molecular complexity index is 778. The topological polar surface area (TPSA) is 46.9 Å². The summed E-state index contributed by atoms with van der Waals surface area (Å²) in [6.07, 6.45) is 5.68. The van der Waals surface area contributed by atoms with E-state index in [1.54, 1.807) is 6.33 Å². The van der Waals surface area contributed by atoms with Gasteiger partial charge in [-0.2, -0.15) is 0 Å². The zero-order valence-corrected chi connectivity index (χ0v) is 15.3. The predicted octanol–water partition coefficient (Wildman–Crippen LogP) is 3.98. The zero-order chi connectivity index (χ0) is 17.6. The standard InChI is InChI=1S/C21H27N3O/c1-14-19(23-13-24(14)17-7-5-4-6-8-17)20(25)22-12-15-11-16-9-10-18(15)21(16,2)3/h4-8,13,15-16,18H,9-12H2,1-3H3,(H,22,25)/t15-,16-,18-/m0/s1. The molecule has 25 heavy (non-hydrogen) atoms. The van der Waals surface area contributed by atoms with Crippen molar-refractivity contribution in [1.29, 1.82) is 0 Å². The number of carbonyl (C=O) groups is 1. The summed E-state index contributed by atoms with van der Waals surface area (Å²) in [4.78, 5) is 17.0. The molecule has 1 N–H and O–H groups in total. The number of hydrogen-bond donors (Lipinski definition) is 1. The molecule has 2 aromatic rings. The van der Waals surface area contributed by atoms with Gasteiger partial charge in [0.15, 0.2) is 0 Å². The lowest BCUT2D eigenvalue weighted by Crippen LogP contribution is -2.33. The quantitative estimate of drug-likeness (QED) is 0.917. The molecule has 0 spiro atoms. The molecule has 2 aliphatic rings. The third-order valence-corrected chi connectivity index (χ3v) is 6.77. The lowest BCUT2D eigenvalue weighted by molar-refractivity contribution is 0.0933. The van der Waals surface area contributed by atoms with Crippen LogP contribution in [0.1, 0.15) is 49.3 Å². The van der Waals surface area contributed by atoms with Crippen LogP contribution in [-0.4, -0.2) is 22.0 Å². The first-order chi connectivity index (χ1) is 12.0. The number of rotatable bonds is 4. The van der Waals surface area contributed by atoms with Crippen LogP contribution >= 0.6 is 0 Å². The number of benzene rings is 1. The van der Waals surface area contributed by atoms with Gasteiger partial charge in [0.2, 0.25) is 0 Å². The van der Waals surface area contributed by atoms with Gasteiger partial charge in [-0.1, -0.05) is 32.0 Å². The van der Waals surface area contributed by atoms with E-state index in [1.165, 1.54) is 19.3 Å². The van der Waals surface area contributed by atoms with Crippen molar-refractivity contribution in [2.24, 2.45) is 23.2 Å². The number of nitrogens with zero attached hydrogens (tertiary/aromatic N) is 2. The second-order valence-corrected chi connectivity index (χ2v) is 8.29. The summed E-state index contributed by atoms with van der Waals surface area (Å²) < 4.78 is 1.97. The van der Waals surface area contributed by atoms with Crippen LogP contribution in [0.4, 0.5) is 0 Å². The number of amides is 1. The zero-order valence-electron chi connectivity index (χ0n) is 15.3. The fraction of sp³-hybridized carbons (Fsp3) is 0.524. The highest BCUT2D eigenvalue weighted by Gasteiger charge is 2.52. The number of hydrogen-bond acceptors (Lipinski definition) is 2. The van der Waals surface area contributed by atoms with E-state index >= 15 is 0 Å². The van der Waals surface area contributed by atoms with Crippen LogP contribution in [0.15, 0.2) is 36.7 Å². The summed E-state index contributed by atoms with van der Waals surface area (Å²) in [7, 11) is 0. The molecule has 0 radical (unpaired) electrons. The third-order valence-electron chi connectivity index (χ3n) is 6.77. The lowest BCUT2D eigenvalue weighted by Gasteiger charge is -2.26. The lowest BCUT2D eigenvalue weighted by atomic mass is 9.80. The predicted molar refractivity (Wildman–Crippen MR) is 98.7 cm³/mol. The Morgan fingerprint density at radius 1 is 1.28 bits per heavy atom. The molecule has 4 nitrogen and oxygen atoms in total. The van der Waals surface area contributed by atoms with E-state index in [4.69, 9.17) is 0 Å². The van der Waals surface area contributed by atoms with Gasteiger partial charge < -0.3 is 9.88 Å². The number of para-hydroxylation sites is 1. The maximum atomic E-state index is 12.6. The van der Waals surface area contributed by atoms with Crippen molar-refractivity contribution in [3.8, 4) is 5.69 Å². The van der Waals surface area contributed by atoms with Crippen LogP contribution in [0.3, 0.4) is 0 Å². The minimum absolute atomic E-state index is 0.0484. The van der Waals surface area contributed by atoms with Crippen LogP contribution in [-0.2, 0) is 0 Å². The number of imidazole rings is 1. The molecular weight excluding hydrogens is 310 g/mol. The molecule has 4 heteroatoms. The Hall–Kier alpha value is -2.10. The Balaban J connectivity index is 1.44. The van der Waals surface area contributed by atoms with Crippen LogP contribution in [0.5, 0.6) is 0 Å². The van der Waals surface area contributed by atoms with Crippen molar-refractivity contribution < 1.29 is 4.79 Å². The Morgan fingerprint density at radius 3 is 2.68 bits per heavy atom. The maximum absolute atomic E-state index is 12.6. The summed E-state index contributed by atoms with van der Waals surface area (Å²) >= 11 is 0. The van der Waals surface area contributed by atoms with Crippen molar-refractivity contribution in [2.45, 2.75) is 40.0 Å². The number of fused-ring (bicyclic) bond motifs is 2. The van der Waals surface area contributed by atoms with Gasteiger partial charge in [-0.25, -0.2) is 4.98 Å². The Labute approximate surface area is 149 Å². The Morgan fingerprint density at radius 2 is 2.04 bits per heavy atom. The molecule has 0 aliphatic heterocycles. The fourth-order valence-corrected chi connectivity index (χ4v) is 5.24. The van der Waals surface area contributed by atoms with Gasteiger partial charge in [-0.05, 0) is 61.5 Å². The molecule has 2 aliphatic carbocycles. The van der Waals surface area contributed by atoms with Gasteiger partial charge in [0, 0.05) is 12.2 Å². The summed E-state index contributed by atoms with van der Waals surface area (Å²) in [5.74, 6) is 2.15. The van der Waals surface area contributed by atoms with E-state index < -0.39 is 0 Å². The highest BCUT2D eigenvalue weighted by atomic mass is 16.1. The normalized spacial score (nSPS) is 26.8. The summed E-state index contributed by atoms with van der Waals surface area (Å²) in [5, 5.41) is 3.15. The molecular formula is C21H27N3O. The van der Waals surface area contributed by atoms with Gasteiger partial charge in [-0.15, -0.1) is 0 Å². The molecule has 0 unspecified atom stereocenters. The van der Waals surface area contributed by atoms with Crippen LogP contribution in [0.25, 0.3) is 5.69 Å². The molecule has 1 aromatic carbocycles. The molecule has 1 amide bonds. The molecule has 1 aromatic heterocycles. The average molecular weight is 337 g/mol. The molecule has 1 heterocycles. The summed E-state index contributed by atoms with van der Waals surface area (Å²) in [6.45, 7) is 7.54. The van der Waals surface area contributed by atoms with Crippen molar-refractivity contribution in [1.82, 2.24) is 14.9 Å². The van der Waals surface area contributed by atoms with Gasteiger partial charge >= 0.3 is 0 Å². The van der Waals surface area contributed by atoms with E-state index in [1.807, 2.05) is 41.8 Å². The molecule has 2 saturated carbocycles. The first-order valence-electron chi connectivity index (χ1n) is 9.36. The van der Waals surface area contributed by atoms with Crippen molar-refractivity contribution >= 4 is 5.91 Å². The van der Waals surface area contributed by atoms with Gasteiger partial charge in [0.05, 0.1) is 5.69 Å². The summed E-state index contributed by atoms with van der Waals surface area (Å²) in [6, 6.07) is 10.0. The van der Waals surface area contributed by atoms with E-state index in [-0.39, 0.29) is 5.91 Å². The van der Waals surface area contributed by atoms with E-state index in [0.29, 0.717) is 17.0 Å². The number of aromatic nitrogens is 2. The molecule has 2 fully saturated rings. The molecule has 3 atom stereocenters. The van der Waals surface area contributed by atoms with Crippen molar-refractivity contribution in [2.75, 3.05) is 6.54 Å². The fourth-order valence-electron chi connectivity index (χ4n) is 5.24. The van der Waals surface area contributed by atoms with Gasteiger partial charge in [-0.3, -0.25) is 4.79 Å². The number of carbonyl (C=O) groups excluding carboxylic acids is 1. The monoisotopic (exact) mass is 337 g/mol. The largest absolute Gasteiger partial charge is 0.350 e. The van der Waals surface area contributed by atoms with E-state index in [9.17, 15) is 4.79 Å². The average Bonchev–Trinajstić information content (AvgIpc) is 3.21. The van der Waals surface area contributed by atoms with E-state index in [0.717, 1.165) is 29.8 Å². The highest BCUT2D eigenvalue weighted by Crippen LogP contribution is 2.59. The van der Waals surface area contributed by atoms with Crippen LogP contribution < -0.4 is 5.32 Å². The smallest absolute Gasteiger partial charge is 0.271 e. The maximum Gasteiger partial charge on any atom is 0.271 e. The molecule has 4 rings (SSSR count). The molecule has 0 saturated heterocycles. The first-order valence-corrected chi connectivity index (χ1v) is 9.36. The minimum atomic E-state index is -0.0484. The second-order valence-electron chi connectivity index (χ2n) is 8.29. The first kappa shape index (κ1) is 16.4. The third kappa shape index (κ3) is 2.68. The molecule has 132 valence electrons. The summed E-state index contributed by atoms with van der Waals surface area (Å²) in [5.41, 5.74) is 2.89. The SMILES string of the molecule is Cc1c(C(=O)NC[C@@H]2C[C@@H]3CC[C@@H]2C3(C)C)ncn1-c1ccccc1. The van der Waals surface area contributed by atoms with Crippen LogP contribution in [0, 0.1) is 30.1 Å². The van der Waals surface area contributed by atoms with Gasteiger partial charge in [0.25, 0.3) is 5.91 Å². The van der Waals surface area contributed by atoms with E-state index in [2.05, 4.69) is 24.1 Å². The van der Waals surface area contributed by atoms with Crippen molar-refractivity contribution in [3.63, 3.8) is 0 Å². The molecule has 2 bridgehead atoms.